The number of nitrogens with zero attached hydrogens (tertiary/aromatic N) is 2. The molecule has 2 N–H and O–H groups in total. The molecule has 3 amide bonds. The van der Waals surface area contributed by atoms with E-state index in [-0.39, 0.29) is 29.8 Å². The van der Waals surface area contributed by atoms with Crippen molar-refractivity contribution in [2.45, 2.75) is 31.2 Å². The molecule has 0 radical (unpaired) electrons. The summed E-state index contributed by atoms with van der Waals surface area (Å²) in [6, 6.07) is 3.76. The van der Waals surface area contributed by atoms with Crippen molar-refractivity contribution in [1.29, 1.82) is 0 Å². The molecule has 8 heteroatoms. The van der Waals surface area contributed by atoms with Gasteiger partial charge in [0.2, 0.25) is 5.91 Å². The molecule has 2 heterocycles. The van der Waals surface area contributed by atoms with Crippen molar-refractivity contribution >= 4 is 11.9 Å². The van der Waals surface area contributed by atoms with E-state index >= 15 is 0 Å². The number of carbonyl (C=O) groups excluding carboxylic acids is 2. The van der Waals surface area contributed by atoms with Gasteiger partial charge in [0.25, 0.3) is 0 Å². The zero-order valence-corrected chi connectivity index (χ0v) is 16.4. The van der Waals surface area contributed by atoms with Gasteiger partial charge in [0.15, 0.2) is 11.6 Å². The number of carbonyl (C=O) groups is 2. The van der Waals surface area contributed by atoms with Gasteiger partial charge in [-0.05, 0) is 43.5 Å². The van der Waals surface area contributed by atoms with Gasteiger partial charge >= 0.3 is 6.03 Å². The van der Waals surface area contributed by atoms with Crippen LogP contribution in [0.4, 0.5) is 13.6 Å². The topological polar surface area (TPSA) is 64.7 Å². The quantitative estimate of drug-likeness (QED) is 0.823. The summed E-state index contributed by atoms with van der Waals surface area (Å²) in [5.74, 6) is -1.95. The van der Waals surface area contributed by atoms with Crippen molar-refractivity contribution < 1.29 is 18.4 Å². The molecule has 0 spiro atoms. The highest BCUT2D eigenvalue weighted by atomic mass is 19.2. The summed E-state index contributed by atoms with van der Waals surface area (Å²) in [5.41, 5.74) is 0.706. The van der Waals surface area contributed by atoms with Crippen molar-refractivity contribution in [2.75, 3.05) is 40.3 Å². The largest absolute Gasteiger partial charge is 0.351 e. The van der Waals surface area contributed by atoms with Crippen molar-refractivity contribution in [3.8, 4) is 0 Å². The van der Waals surface area contributed by atoms with Gasteiger partial charge < -0.3 is 20.4 Å². The maximum absolute atomic E-state index is 13.7. The van der Waals surface area contributed by atoms with Crippen molar-refractivity contribution in [2.24, 2.45) is 5.92 Å². The third-order valence-corrected chi connectivity index (χ3v) is 5.70. The highest BCUT2D eigenvalue weighted by Crippen LogP contribution is 2.28. The molecule has 6 nitrogen and oxygen atoms in total. The molecular weight excluding hydrogens is 366 g/mol. The lowest BCUT2D eigenvalue weighted by Gasteiger charge is -2.36. The maximum Gasteiger partial charge on any atom is 0.319 e. The Balaban J connectivity index is 1.60. The van der Waals surface area contributed by atoms with Crippen molar-refractivity contribution in [1.82, 2.24) is 20.4 Å². The Labute approximate surface area is 164 Å². The summed E-state index contributed by atoms with van der Waals surface area (Å²) in [7, 11) is 3.44. The third kappa shape index (κ3) is 4.60. The van der Waals surface area contributed by atoms with E-state index < -0.39 is 11.6 Å². The first kappa shape index (κ1) is 20.5. The molecule has 2 saturated heterocycles. The molecule has 2 aliphatic heterocycles. The number of benzene rings is 1. The van der Waals surface area contributed by atoms with Crippen LogP contribution in [0, 0.1) is 17.6 Å². The number of amides is 3. The predicted octanol–water partition coefficient (Wildman–Crippen LogP) is 1.92. The van der Waals surface area contributed by atoms with Crippen LogP contribution in [-0.2, 0) is 4.79 Å². The number of piperidine rings is 2. The summed E-state index contributed by atoms with van der Waals surface area (Å²) in [6.45, 7) is 2.48. The van der Waals surface area contributed by atoms with Crippen LogP contribution >= 0.6 is 0 Å². The molecule has 2 fully saturated rings. The Morgan fingerprint density at radius 1 is 1.14 bits per heavy atom. The normalized spacial score (nSPS) is 23.4. The van der Waals surface area contributed by atoms with E-state index in [1.807, 2.05) is 0 Å². The van der Waals surface area contributed by atoms with E-state index in [0.29, 0.717) is 38.0 Å². The highest BCUT2D eigenvalue weighted by molar-refractivity contribution is 5.80. The van der Waals surface area contributed by atoms with Crippen LogP contribution in [0.3, 0.4) is 0 Å². The monoisotopic (exact) mass is 394 g/mol. The summed E-state index contributed by atoms with van der Waals surface area (Å²) in [5, 5.41) is 6.37. The van der Waals surface area contributed by atoms with Gasteiger partial charge in [0.05, 0.1) is 0 Å². The minimum atomic E-state index is -0.864. The highest BCUT2D eigenvalue weighted by Gasteiger charge is 2.32. The molecule has 1 aromatic rings. The van der Waals surface area contributed by atoms with Gasteiger partial charge in [0, 0.05) is 51.6 Å². The Bertz CT molecular complexity index is 720. The lowest BCUT2D eigenvalue weighted by molar-refractivity contribution is -0.127. The zero-order chi connectivity index (χ0) is 20.3. The van der Waals surface area contributed by atoms with E-state index in [0.717, 1.165) is 19.0 Å². The second-order valence-electron chi connectivity index (χ2n) is 7.83. The molecular formula is C20H28F2N4O2. The number of hydrogen-bond acceptors (Lipinski definition) is 3. The lowest BCUT2D eigenvalue weighted by atomic mass is 9.85. The van der Waals surface area contributed by atoms with Gasteiger partial charge in [-0.2, -0.15) is 0 Å². The predicted molar refractivity (Wildman–Crippen MR) is 102 cm³/mol. The van der Waals surface area contributed by atoms with Crippen LogP contribution in [0.2, 0.25) is 0 Å². The number of urea groups is 1. The molecule has 0 aliphatic carbocycles. The maximum atomic E-state index is 13.7. The average molecular weight is 394 g/mol. The minimum Gasteiger partial charge on any atom is -0.351 e. The SMILES string of the molecule is CN(C)C(=O)N1CCC(C(=O)NC2CNCCC2c2ccc(F)c(F)c2)CC1. The molecule has 3 rings (SSSR count). The summed E-state index contributed by atoms with van der Waals surface area (Å²) in [6.07, 6.45) is 1.99. The molecule has 2 atom stereocenters. The minimum absolute atomic E-state index is 0.0294. The van der Waals surface area contributed by atoms with Crippen LogP contribution < -0.4 is 10.6 Å². The fraction of sp³-hybridized carbons (Fsp3) is 0.600. The van der Waals surface area contributed by atoms with Gasteiger partial charge in [-0.25, -0.2) is 13.6 Å². The van der Waals surface area contributed by atoms with E-state index in [2.05, 4.69) is 10.6 Å². The third-order valence-electron chi connectivity index (χ3n) is 5.70. The molecule has 1 aromatic carbocycles. The fourth-order valence-corrected chi connectivity index (χ4v) is 4.07. The summed E-state index contributed by atoms with van der Waals surface area (Å²) >= 11 is 0. The Kier molecular flexibility index (Phi) is 6.49. The van der Waals surface area contributed by atoms with Crippen LogP contribution in [0.25, 0.3) is 0 Å². The van der Waals surface area contributed by atoms with E-state index in [4.69, 9.17) is 0 Å². The number of likely N-dealkylation sites (tertiary alicyclic amines) is 1. The molecule has 0 aromatic heterocycles. The summed E-state index contributed by atoms with van der Waals surface area (Å²) < 4.78 is 26.9. The van der Waals surface area contributed by atoms with Crippen molar-refractivity contribution in [3.05, 3.63) is 35.4 Å². The number of rotatable bonds is 3. The molecule has 0 saturated carbocycles. The first-order valence-corrected chi connectivity index (χ1v) is 9.79. The van der Waals surface area contributed by atoms with E-state index in [9.17, 15) is 18.4 Å². The summed E-state index contributed by atoms with van der Waals surface area (Å²) in [4.78, 5) is 28.1. The smallest absolute Gasteiger partial charge is 0.319 e. The lowest BCUT2D eigenvalue weighted by Crippen LogP contribution is -2.53. The average Bonchev–Trinajstić information content (AvgIpc) is 2.70. The van der Waals surface area contributed by atoms with Gasteiger partial charge in [-0.1, -0.05) is 6.07 Å². The standard InChI is InChI=1S/C20H28F2N4O2/c1-25(2)20(28)26-9-6-13(7-10-26)19(27)24-18-12-23-8-5-15(18)14-3-4-16(21)17(22)11-14/h3-4,11,13,15,18,23H,5-10,12H2,1-2H3,(H,24,27). The van der Waals surface area contributed by atoms with Crippen LogP contribution in [0.5, 0.6) is 0 Å². The molecule has 154 valence electrons. The van der Waals surface area contributed by atoms with Crippen LogP contribution in [0.1, 0.15) is 30.7 Å². The second kappa shape index (κ2) is 8.86. The van der Waals surface area contributed by atoms with Crippen LogP contribution in [-0.4, -0.2) is 68.1 Å². The zero-order valence-electron chi connectivity index (χ0n) is 16.4. The first-order valence-electron chi connectivity index (χ1n) is 9.79. The molecule has 2 aliphatic rings. The van der Waals surface area contributed by atoms with E-state index in [1.54, 1.807) is 30.0 Å². The number of halogens is 2. The van der Waals surface area contributed by atoms with Gasteiger partial charge in [0.1, 0.15) is 0 Å². The molecule has 0 bridgehead atoms. The van der Waals surface area contributed by atoms with Crippen LogP contribution in [0.15, 0.2) is 18.2 Å². The molecule has 2 unspecified atom stereocenters. The van der Waals surface area contributed by atoms with Gasteiger partial charge in [-0.3, -0.25) is 4.79 Å². The fourth-order valence-electron chi connectivity index (χ4n) is 4.07. The first-order chi connectivity index (χ1) is 13.4. The Morgan fingerprint density at radius 2 is 1.86 bits per heavy atom. The van der Waals surface area contributed by atoms with E-state index in [1.165, 1.54) is 6.07 Å². The second-order valence-corrected chi connectivity index (χ2v) is 7.83. The molecule has 28 heavy (non-hydrogen) atoms. The van der Waals surface area contributed by atoms with Gasteiger partial charge in [-0.15, -0.1) is 0 Å². The number of nitrogens with one attached hydrogen (secondary N) is 2. The van der Waals surface area contributed by atoms with Crippen molar-refractivity contribution in [3.63, 3.8) is 0 Å². The Morgan fingerprint density at radius 3 is 2.50 bits per heavy atom. The number of hydrogen-bond donors (Lipinski definition) is 2. The Hall–Kier alpha value is -2.22.